The number of benzene rings is 2. The minimum Gasteiger partial charge on any atom is -0.368 e. The smallest absolute Gasteiger partial charge is 0.164 e. The van der Waals surface area contributed by atoms with E-state index >= 15 is 0 Å². The third-order valence-corrected chi connectivity index (χ3v) is 6.18. The molecule has 1 aliphatic carbocycles. The first kappa shape index (κ1) is 19.3. The summed E-state index contributed by atoms with van der Waals surface area (Å²) in [5.74, 6) is -0.160. The summed E-state index contributed by atoms with van der Waals surface area (Å²) >= 11 is 0. The molecule has 3 heteroatoms. The van der Waals surface area contributed by atoms with Crippen molar-refractivity contribution in [3.05, 3.63) is 82.4 Å². The third kappa shape index (κ3) is 4.52. The van der Waals surface area contributed by atoms with Gasteiger partial charge in [0.25, 0.3) is 0 Å². The topological polar surface area (TPSA) is 12.5 Å². The molecule has 1 saturated heterocycles. The second kappa shape index (κ2) is 8.57. The zero-order valence-electron chi connectivity index (χ0n) is 16.5. The highest BCUT2D eigenvalue weighted by Crippen LogP contribution is 2.36. The fraction of sp³-hybridized carbons (Fsp3) is 0.440. The fourth-order valence-electron chi connectivity index (χ4n) is 4.28. The molecule has 28 heavy (non-hydrogen) atoms. The van der Waals surface area contributed by atoms with Crippen molar-refractivity contribution in [2.75, 3.05) is 6.61 Å². The number of rotatable bonds is 6. The van der Waals surface area contributed by atoms with E-state index in [4.69, 9.17) is 4.74 Å². The molecule has 2 aliphatic rings. The summed E-state index contributed by atoms with van der Waals surface area (Å²) in [5.41, 5.74) is 3.58. The molecule has 1 atom stereocenters. The average Bonchev–Trinajstić information content (AvgIpc) is 3.55. The highest BCUT2D eigenvalue weighted by Gasteiger charge is 2.29. The van der Waals surface area contributed by atoms with Crippen molar-refractivity contribution < 1.29 is 13.5 Å². The van der Waals surface area contributed by atoms with E-state index < -0.39 is 11.6 Å². The van der Waals surface area contributed by atoms with Gasteiger partial charge in [-0.15, -0.1) is 0 Å². The van der Waals surface area contributed by atoms with Crippen LogP contribution in [0.15, 0.2) is 48.6 Å². The summed E-state index contributed by atoms with van der Waals surface area (Å²) in [6.45, 7) is 2.62. The van der Waals surface area contributed by atoms with Crippen molar-refractivity contribution in [3.63, 3.8) is 0 Å². The van der Waals surface area contributed by atoms with Gasteiger partial charge in [-0.2, -0.15) is 0 Å². The van der Waals surface area contributed by atoms with E-state index in [2.05, 4.69) is 43.3 Å². The lowest BCUT2D eigenvalue weighted by molar-refractivity contribution is 0.375. The molecular formula is C25H28F2O. The first-order valence-corrected chi connectivity index (χ1v) is 10.4. The zero-order valence-corrected chi connectivity index (χ0v) is 16.5. The molecule has 0 aromatic heterocycles. The lowest BCUT2D eigenvalue weighted by Gasteiger charge is -2.27. The van der Waals surface area contributed by atoms with Gasteiger partial charge in [0, 0.05) is 5.56 Å². The van der Waals surface area contributed by atoms with Gasteiger partial charge in [0.1, 0.15) is 6.10 Å². The Morgan fingerprint density at radius 1 is 0.964 bits per heavy atom. The Balaban J connectivity index is 1.25. The van der Waals surface area contributed by atoms with Crippen LogP contribution >= 0.6 is 0 Å². The molecule has 2 aromatic rings. The summed E-state index contributed by atoms with van der Waals surface area (Å²) < 4.78 is 33.3. The van der Waals surface area contributed by atoms with Gasteiger partial charge >= 0.3 is 0 Å². The molecule has 2 fully saturated rings. The lowest BCUT2D eigenvalue weighted by atomic mass is 9.78. The third-order valence-electron chi connectivity index (χ3n) is 6.18. The molecule has 0 radical (unpaired) electrons. The number of halogens is 2. The molecule has 2 aromatic carbocycles. The number of hydrogen-bond donors (Lipinski definition) is 0. The Morgan fingerprint density at radius 2 is 1.68 bits per heavy atom. The largest absolute Gasteiger partial charge is 0.368 e. The van der Waals surface area contributed by atoms with Crippen LogP contribution in [0.5, 0.6) is 0 Å². The van der Waals surface area contributed by atoms with Crippen LogP contribution in [0.25, 0.3) is 0 Å². The number of hydrogen-bond acceptors (Lipinski definition) is 1. The summed E-state index contributed by atoms with van der Waals surface area (Å²) in [6.07, 6.45) is 10.3. The van der Waals surface area contributed by atoms with Gasteiger partial charge in [-0.1, -0.05) is 54.1 Å². The van der Waals surface area contributed by atoms with E-state index in [9.17, 15) is 8.78 Å². The number of allylic oxidation sites excluding steroid dienone is 2. The zero-order chi connectivity index (χ0) is 19.5. The second-order valence-corrected chi connectivity index (χ2v) is 8.25. The van der Waals surface area contributed by atoms with Crippen LogP contribution in [0.2, 0.25) is 0 Å². The first-order chi connectivity index (χ1) is 13.6. The van der Waals surface area contributed by atoms with Gasteiger partial charge in [0.15, 0.2) is 11.6 Å². The van der Waals surface area contributed by atoms with Crippen LogP contribution in [0, 0.1) is 24.5 Å². The minimum absolute atomic E-state index is 0.251. The molecule has 4 rings (SSSR count). The van der Waals surface area contributed by atoms with Crippen molar-refractivity contribution in [1.29, 1.82) is 0 Å². The van der Waals surface area contributed by atoms with Crippen molar-refractivity contribution in [1.82, 2.24) is 0 Å². The van der Waals surface area contributed by atoms with E-state index in [-0.39, 0.29) is 6.10 Å². The van der Waals surface area contributed by atoms with E-state index in [1.54, 1.807) is 12.1 Å². The first-order valence-electron chi connectivity index (χ1n) is 10.4. The van der Waals surface area contributed by atoms with Crippen LogP contribution in [0.4, 0.5) is 8.78 Å². The van der Waals surface area contributed by atoms with Crippen molar-refractivity contribution >= 4 is 0 Å². The van der Waals surface area contributed by atoms with Crippen molar-refractivity contribution in [2.45, 2.75) is 57.5 Å². The maximum Gasteiger partial charge on any atom is 0.164 e. The number of aryl methyl sites for hydroxylation is 2. The highest BCUT2D eigenvalue weighted by atomic mass is 19.2. The maximum absolute atomic E-state index is 14.2. The van der Waals surface area contributed by atoms with E-state index in [1.165, 1.54) is 36.8 Å². The van der Waals surface area contributed by atoms with Crippen LogP contribution < -0.4 is 0 Å². The van der Waals surface area contributed by atoms with Crippen LogP contribution in [0.3, 0.4) is 0 Å². The molecule has 148 valence electrons. The maximum atomic E-state index is 14.2. The summed E-state index contributed by atoms with van der Waals surface area (Å²) in [4.78, 5) is 0. The Labute approximate surface area is 166 Å². The normalized spacial score (nSPS) is 24.6. The monoisotopic (exact) mass is 382 g/mol. The Morgan fingerprint density at radius 3 is 2.36 bits per heavy atom. The highest BCUT2D eigenvalue weighted by molar-refractivity contribution is 5.30. The molecule has 1 nitrogen and oxygen atoms in total. The van der Waals surface area contributed by atoms with Crippen molar-refractivity contribution in [2.24, 2.45) is 5.92 Å². The minimum atomic E-state index is -0.738. The molecule has 1 heterocycles. The molecule has 1 saturated carbocycles. The van der Waals surface area contributed by atoms with Gasteiger partial charge in [-0.3, -0.25) is 0 Å². The standard InChI is InChI=1S/C25H28F2O/c1-17-6-10-19(11-7-17)20-12-8-18(9-13-20)4-2-3-5-21-14-15-22(23-16-28-23)25(27)24(21)26/h2,4,6-7,10-11,14-15,18,20,23H,3,5,8-9,12-13,16H2,1H3/b4-2+. The molecule has 0 bridgehead atoms. The molecule has 0 amide bonds. The molecule has 0 N–H and O–H groups in total. The lowest BCUT2D eigenvalue weighted by Crippen LogP contribution is -2.11. The van der Waals surface area contributed by atoms with Crippen LogP contribution in [0.1, 0.15) is 66.4 Å². The second-order valence-electron chi connectivity index (χ2n) is 8.25. The fourth-order valence-corrected chi connectivity index (χ4v) is 4.28. The molecule has 1 unspecified atom stereocenters. The van der Waals surface area contributed by atoms with Crippen LogP contribution in [-0.4, -0.2) is 6.61 Å². The predicted molar refractivity (Wildman–Crippen MR) is 108 cm³/mol. The van der Waals surface area contributed by atoms with Gasteiger partial charge in [-0.05, 0) is 68.4 Å². The van der Waals surface area contributed by atoms with Gasteiger partial charge in [0.2, 0.25) is 0 Å². The predicted octanol–water partition coefficient (Wildman–Crippen LogP) is 6.81. The summed E-state index contributed by atoms with van der Waals surface area (Å²) in [7, 11) is 0. The molecular weight excluding hydrogens is 354 g/mol. The van der Waals surface area contributed by atoms with Gasteiger partial charge < -0.3 is 4.74 Å². The summed E-state index contributed by atoms with van der Waals surface area (Å²) in [6, 6.07) is 12.3. The van der Waals surface area contributed by atoms with E-state index in [1.807, 2.05) is 0 Å². The summed E-state index contributed by atoms with van der Waals surface area (Å²) in [5, 5.41) is 0. The Kier molecular flexibility index (Phi) is 5.91. The SMILES string of the molecule is Cc1ccc(C2CCC(/C=C/CCc3ccc(C4CO4)c(F)c3F)CC2)cc1. The average molecular weight is 382 g/mol. The van der Waals surface area contributed by atoms with E-state index in [0.717, 1.165) is 6.42 Å². The quantitative estimate of drug-likeness (QED) is 0.395. The van der Waals surface area contributed by atoms with Gasteiger partial charge in [0.05, 0.1) is 6.61 Å². The molecule has 1 aliphatic heterocycles. The molecule has 0 spiro atoms. The number of epoxide rings is 1. The van der Waals surface area contributed by atoms with E-state index in [0.29, 0.717) is 36.0 Å². The Bertz CT molecular complexity index is 828. The van der Waals surface area contributed by atoms with Gasteiger partial charge in [-0.25, -0.2) is 8.78 Å². The van der Waals surface area contributed by atoms with Crippen LogP contribution in [-0.2, 0) is 11.2 Å². The van der Waals surface area contributed by atoms with Crippen molar-refractivity contribution in [3.8, 4) is 0 Å². The Hall–Kier alpha value is -2.00. The number of ether oxygens (including phenoxy) is 1.